The van der Waals surface area contributed by atoms with Crippen molar-refractivity contribution in [3.63, 3.8) is 0 Å². The van der Waals surface area contributed by atoms with Gasteiger partial charge in [0.15, 0.2) is 0 Å². The summed E-state index contributed by atoms with van der Waals surface area (Å²) in [6.07, 6.45) is 3.67. The van der Waals surface area contributed by atoms with Crippen LogP contribution in [0, 0.1) is 0 Å². The minimum Gasteiger partial charge on any atom is -0.423 e. The fourth-order valence-electron chi connectivity index (χ4n) is 1.81. The quantitative estimate of drug-likeness (QED) is 0.462. The monoisotopic (exact) mass is 191 g/mol. The van der Waals surface area contributed by atoms with Gasteiger partial charge in [0, 0.05) is 11.2 Å². The maximum atomic E-state index is 9.08. The highest BCUT2D eigenvalue weighted by Crippen LogP contribution is 2.36. The second-order valence-corrected chi connectivity index (χ2v) is 3.89. The maximum Gasteiger partial charge on any atom is 0.490 e. The maximum absolute atomic E-state index is 9.08. The van der Waals surface area contributed by atoms with Gasteiger partial charge in [-0.2, -0.15) is 0 Å². The second kappa shape index (κ2) is 3.63. The van der Waals surface area contributed by atoms with E-state index in [4.69, 9.17) is 15.8 Å². The van der Waals surface area contributed by atoms with Crippen LogP contribution < -0.4 is 11.2 Å². The minimum atomic E-state index is -1.46. The molecular weight excluding hydrogens is 177 g/mol. The summed E-state index contributed by atoms with van der Waals surface area (Å²) in [5, 5.41) is 18.2. The summed E-state index contributed by atoms with van der Waals surface area (Å²) in [6, 6.07) is 5.54. The van der Waals surface area contributed by atoms with Gasteiger partial charge >= 0.3 is 7.12 Å². The van der Waals surface area contributed by atoms with Crippen molar-refractivity contribution in [3.05, 3.63) is 23.8 Å². The van der Waals surface area contributed by atoms with Crippen molar-refractivity contribution in [3.8, 4) is 0 Å². The number of benzene rings is 1. The first-order chi connectivity index (χ1) is 6.68. The Hall–Kier alpha value is -0.995. The molecule has 0 saturated heterocycles. The molecule has 0 atom stereocenters. The predicted molar refractivity (Wildman–Crippen MR) is 57.3 cm³/mol. The molecular formula is C10H14BNO2. The zero-order valence-electron chi connectivity index (χ0n) is 7.98. The summed E-state index contributed by atoms with van der Waals surface area (Å²) in [5.74, 6) is 0.591. The topological polar surface area (TPSA) is 66.5 Å². The number of hydrogen-bond donors (Lipinski definition) is 3. The Labute approximate surface area is 83.7 Å². The summed E-state index contributed by atoms with van der Waals surface area (Å²) in [7, 11) is -1.46. The van der Waals surface area contributed by atoms with Crippen LogP contribution in [-0.2, 0) is 0 Å². The summed E-state index contributed by atoms with van der Waals surface area (Å²) >= 11 is 0. The van der Waals surface area contributed by atoms with Gasteiger partial charge in [-0.05, 0) is 30.4 Å². The largest absolute Gasteiger partial charge is 0.490 e. The lowest BCUT2D eigenvalue weighted by atomic mass is 9.74. The van der Waals surface area contributed by atoms with E-state index >= 15 is 0 Å². The molecule has 0 radical (unpaired) electrons. The summed E-state index contributed by atoms with van der Waals surface area (Å²) in [6.45, 7) is 0. The van der Waals surface area contributed by atoms with Gasteiger partial charge in [-0.15, -0.1) is 0 Å². The van der Waals surface area contributed by atoms with Crippen LogP contribution >= 0.6 is 0 Å². The van der Waals surface area contributed by atoms with E-state index in [-0.39, 0.29) is 0 Å². The van der Waals surface area contributed by atoms with E-state index in [0.29, 0.717) is 17.1 Å². The molecule has 14 heavy (non-hydrogen) atoms. The molecule has 1 saturated carbocycles. The smallest absolute Gasteiger partial charge is 0.423 e. The Morgan fingerprint density at radius 3 is 2.50 bits per heavy atom. The van der Waals surface area contributed by atoms with E-state index in [1.54, 1.807) is 6.07 Å². The van der Waals surface area contributed by atoms with Crippen LogP contribution in [0.25, 0.3) is 0 Å². The first-order valence-electron chi connectivity index (χ1n) is 4.94. The highest BCUT2D eigenvalue weighted by molar-refractivity contribution is 6.60. The van der Waals surface area contributed by atoms with Crippen molar-refractivity contribution in [1.82, 2.24) is 0 Å². The number of hydrogen-bond acceptors (Lipinski definition) is 3. The normalized spacial score (nSPS) is 16.4. The molecule has 0 unspecified atom stereocenters. The van der Waals surface area contributed by atoms with E-state index in [0.717, 1.165) is 0 Å². The molecule has 0 aliphatic heterocycles. The molecule has 2 rings (SSSR count). The van der Waals surface area contributed by atoms with Crippen molar-refractivity contribution in [2.75, 3.05) is 5.73 Å². The van der Waals surface area contributed by atoms with Crippen LogP contribution in [-0.4, -0.2) is 17.2 Å². The average Bonchev–Trinajstić information content (AvgIpc) is 2.04. The van der Waals surface area contributed by atoms with Crippen molar-refractivity contribution in [2.24, 2.45) is 0 Å². The summed E-state index contributed by atoms with van der Waals surface area (Å²) < 4.78 is 0. The van der Waals surface area contributed by atoms with E-state index in [2.05, 4.69) is 0 Å². The third kappa shape index (κ3) is 1.63. The molecule has 1 aromatic rings. The Morgan fingerprint density at radius 2 is 2.00 bits per heavy atom. The van der Waals surface area contributed by atoms with Crippen molar-refractivity contribution < 1.29 is 10.0 Å². The molecule has 3 nitrogen and oxygen atoms in total. The van der Waals surface area contributed by atoms with Gasteiger partial charge < -0.3 is 15.8 Å². The van der Waals surface area contributed by atoms with Crippen LogP contribution in [0.15, 0.2) is 18.2 Å². The minimum absolute atomic E-state index is 0.425. The van der Waals surface area contributed by atoms with Gasteiger partial charge in [-0.3, -0.25) is 0 Å². The zero-order chi connectivity index (χ0) is 10.1. The molecule has 0 heterocycles. The van der Waals surface area contributed by atoms with Gasteiger partial charge in [0.05, 0.1) is 0 Å². The fraction of sp³-hybridized carbons (Fsp3) is 0.400. The molecule has 0 spiro atoms. The molecule has 1 aliphatic rings. The van der Waals surface area contributed by atoms with Gasteiger partial charge in [-0.1, -0.05) is 18.6 Å². The van der Waals surface area contributed by atoms with E-state index in [1.807, 2.05) is 12.1 Å². The number of nitrogen functional groups attached to an aromatic ring is 1. The average molecular weight is 191 g/mol. The molecule has 0 bridgehead atoms. The molecule has 4 heteroatoms. The van der Waals surface area contributed by atoms with E-state index in [9.17, 15) is 0 Å². The molecule has 4 N–H and O–H groups in total. The van der Waals surface area contributed by atoms with Gasteiger partial charge in [-0.25, -0.2) is 0 Å². The van der Waals surface area contributed by atoms with Crippen LogP contribution in [0.3, 0.4) is 0 Å². The Balaban J connectivity index is 2.30. The highest BCUT2D eigenvalue weighted by atomic mass is 16.4. The van der Waals surface area contributed by atoms with Crippen LogP contribution in [0.5, 0.6) is 0 Å². The van der Waals surface area contributed by atoms with Crippen molar-refractivity contribution >= 4 is 18.3 Å². The van der Waals surface area contributed by atoms with Crippen LogP contribution in [0.2, 0.25) is 0 Å². The van der Waals surface area contributed by atoms with Crippen LogP contribution in [0.4, 0.5) is 5.69 Å². The lowest BCUT2D eigenvalue weighted by molar-refractivity contribution is 0.418. The fourth-order valence-corrected chi connectivity index (χ4v) is 1.81. The lowest BCUT2D eigenvalue weighted by Gasteiger charge is -2.26. The molecule has 74 valence electrons. The van der Waals surface area contributed by atoms with Crippen molar-refractivity contribution in [1.29, 1.82) is 0 Å². The number of rotatable bonds is 2. The number of anilines is 1. The molecule has 0 aromatic heterocycles. The Kier molecular flexibility index (Phi) is 2.48. The molecule has 1 aliphatic carbocycles. The number of nitrogens with two attached hydrogens (primary N) is 1. The van der Waals surface area contributed by atoms with Gasteiger partial charge in [0.2, 0.25) is 0 Å². The zero-order valence-corrected chi connectivity index (χ0v) is 7.98. The van der Waals surface area contributed by atoms with Crippen molar-refractivity contribution in [2.45, 2.75) is 25.2 Å². The molecule has 1 aromatic carbocycles. The Morgan fingerprint density at radius 1 is 1.29 bits per heavy atom. The molecule has 1 fully saturated rings. The second-order valence-electron chi connectivity index (χ2n) is 3.89. The first-order valence-corrected chi connectivity index (χ1v) is 4.94. The predicted octanol–water partition coefficient (Wildman–Crippen LogP) is 0.216. The SMILES string of the molecule is Nc1ccc(C2CCC2)cc1B(O)O. The summed E-state index contributed by atoms with van der Waals surface area (Å²) in [4.78, 5) is 0. The van der Waals surface area contributed by atoms with E-state index in [1.165, 1.54) is 24.8 Å². The Bertz CT molecular complexity index is 337. The van der Waals surface area contributed by atoms with E-state index < -0.39 is 7.12 Å². The standard InChI is InChI=1S/C10H14BNO2/c12-10-5-4-8(7-2-1-3-7)6-9(10)11(13)14/h4-7,13-14H,1-3,12H2. The highest BCUT2D eigenvalue weighted by Gasteiger charge is 2.22. The van der Waals surface area contributed by atoms with Crippen LogP contribution in [0.1, 0.15) is 30.7 Å². The van der Waals surface area contributed by atoms with Gasteiger partial charge in [0.25, 0.3) is 0 Å². The molecule has 0 amide bonds. The first kappa shape index (κ1) is 9.56. The lowest BCUT2D eigenvalue weighted by Crippen LogP contribution is -2.33. The third-order valence-corrected chi connectivity index (χ3v) is 2.97. The summed E-state index contributed by atoms with van der Waals surface area (Å²) in [5.41, 5.74) is 7.68. The van der Waals surface area contributed by atoms with Gasteiger partial charge in [0.1, 0.15) is 0 Å². The third-order valence-electron chi connectivity index (χ3n) is 2.97.